The van der Waals surface area contributed by atoms with Crippen molar-refractivity contribution < 1.29 is 27.9 Å². The van der Waals surface area contributed by atoms with Crippen molar-refractivity contribution in [2.24, 2.45) is 11.1 Å². The Morgan fingerprint density at radius 2 is 1.93 bits per heavy atom. The van der Waals surface area contributed by atoms with Crippen LogP contribution in [0.5, 0.6) is 5.75 Å². The first-order chi connectivity index (χ1) is 21.2. The van der Waals surface area contributed by atoms with E-state index in [2.05, 4.69) is 10.5 Å². The quantitative estimate of drug-likeness (QED) is 0.421. The van der Waals surface area contributed by atoms with Gasteiger partial charge in [0, 0.05) is 49.3 Å². The Balaban J connectivity index is 1.31. The van der Waals surface area contributed by atoms with Gasteiger partial charge < -0.3 is 24.4 Å². The molecule has 11 heteroatoms. The third-order valence-electron chi connectivity index (χ3n) is 9.28. The number of nitrogens with one attached hydrogen (secondary N) is 1. The molecule has 4 aliphatic rings. The average Bonchev–Trinajstić information content (AvgIpc) is 3.79. The molecule has 44 heavy (non-hydrogen) atoms. The zero-order valence-corrected chi connectivity index (χ0v) is 24.2. The van der Waals surface area contributed by atoms with Crippen LogP contribution in [0, 0.1) is 17.6 Å². The van der Waals surface area contributed by atoms with Gasteiger partial charge in [0.25, 0.3) is 11.8 Å². The average molecular weight is 603 g/mol. The topological polar surface area (TPSA) is 102 Å². The van der Waals surface area contributed by atoms with Gasteiger partial charge >= 0.3 is 0 Å². The lowest BCUT2D eigenvalue weighted by Gasteiger charge is -2.42. The second-order valence-electron chi connectivity index (χ2n) is 12.2. The van der Waals surface area contributed by atoms with Crippen LogP contribution in [0.2, 0.25) is 0 Å². The van der Waals surface area contributed by atoms with Crippen LogP contribution in [0.1, 0.15) is 77.0 Å². The lowest BCUT2D eigenvalue weighted by molar-refractivity contribution is -0.0656. The first kappa shape index (κ1) is 28.2. The molecule has 0 radical (unpaired) electrons. The van der Waals surface area contributed by atoms with Crippen molar-refractivity contribution in [1.82, 2.24) is 14.8 Å². The molecule has 4 heterocycles. The molecule has 2 amide bonds. The fraction of sp³-hybridized carbons (Fsp3) is 0.394. The summed E-state index contributed by atoms with van der Waals surface area (Å²) in [5.74, 6) is -2.49. The highest BCUT2D eigenvalue weighted by molar-refractivity contribution is 5.99. The number of ether oxygens (including phenoxy) is 1. The maximum absolute atomic E-state index is 14.3. The number of oxime groups is 1. The van der Waals surface area contributed by atoms with Crippen LogP contribution >= 0.6 is 0 Å². The minimum absolute atomic E-state index is 0.000967. The molecular weight excluding hydrogens is 570 g/mol. The summed E-state index contributed by atoms with van der Waals surface area (Å²) in [6.45, 7) is 2.04. The summed E-state index contributed by atoms with van der Waals surface area (Å²) >= 11 is 0. The predicted molar refractivity (Wildman–Crippen MR) is 156 cm³/mol. The third-order valence-corrected chi connectivity index (χ3v) is 9.28. The van der Waals surface area contributed by atoms with Gasteiger partial charge in [-0.15, -0.1) is 0 Å². The first-order valence-corrected chi connectivity index (χ1v) is 15.0. The number of pyridine rings is 1. The van der Waals surface area contributed by atoms with Gasteiger partial charge in [-0.25, -0.2) is 8.78 Å². The molecule has 1 N–H and O–H groups in total. The Hall–Kier alpha value is -4.54. The van der Waals surface area contributed by atoms with Crippen molar-refractivity contribution in [2.45, 2.75) is 69.9 Å². The molecule has 0 unspecified atom stereocenters. The fourth-order valence-electron chi connectivity index (χ4n) is 6.56. The van der Waals surface area contributed by atoms with E-state index < -0.39 is 34.6 Å². The van der Waals surface area contributed by atoms with Crippen molar-refractivity contribution >= 4 is 17.5 Å². The highest BCUT2D eigenvalue weighted by atomic mass is 19.1. The Morgan fingerprint density at radius 1 is 1.14 bits per heavy atom. The lowest BCUT2D eigenvalue weighted by atomic mass is 9.83. The van der Waals surface area contributed by atoms with Crippen molar-refractivity contribution in [3.8, 4) is 5.75 Å². The van der Waals surface area contributed by atoms with Crippen LogP contribution in [0.3, 0.4) is 0 Å². The third kappa shape index (κ3) is 4.93. The van der Waals surface area contributed by atoms with Crippen LogP contribution < -0.4 is 15.5 Å². The molecular formula is C33H32F2N4O5. The number of carbonyl (C=O) groups is 2. The zero-order chi connectivity index (χ0) is 30.6. The van der Waals surface area contributed by atoms with Gasteiger partial charge in [-0.3, -0.25) is 14.4 Å². The van der Waals surface area contributed by atoms with Gasteiger partial charge in [-0.05, 0) is 44.2 Å². The second kappa shape index (κ2) is 10.9. The normalized spacial score (nSPS) is 23.9. The van der Waals surface area contributed by atoms with E-state index in [1.807, 2.05) is 37.3 Å². The van der Waals surface area contributed by atoms with E-state index in [1.165, 1.54) is 12.3 Å². The Labute approximate surface area is 252 Å². The monoisotopic (exact) mass is 602 g/mol. The van der Waals surface area contributed by atoms with Gasteiger partial charge in [0.05, 0.1) is 11.8 Å². The summed E-state index contributed by atoms with van der Waals surface area (Å²) in [6, 6.07) is 11.7. The maximum Gasteiger partial charge on any atom is 0.274 e. The van der Waals surface area contributed by atoms with Crippen LogP contribution in [0.4, 0.5) is 8.78 Å². The van der Waals surface area contributed by atoms with E-state index in [0.717, 1.165) is 36.2 Å². The number of rotatable bonds is 7. The molecule has 3 atom stereocenters. The molecule has 1 aliphatic carbocycles. The van der Waals surface area contributed by atoms with E-state index in [1.54, 1.807) is 9.47 Å². The number of nitrogens with zero attached hydrogens (tertiary/aromatic N) is 3. The Morgan fingerprint density at radius 3 is 2.68 bits per heavy atom. The summed E-state index contributed by atoms with van der Waals surface area (Å²) < 4.78 is 35.5. The fourth-order valence-corrected chi connectivity index (χ4v) is 6.56. The van der Waals surface area contributed by atoms with Crippen LogP contribution in [-0.4, -0.2) is 45.2 Å². The highest BCUT2D eigenvalue weighted by Gasteiger charge is 2.55. The van der Waals surface area contributed by atoms with Gasteiger partial charge in [-0.1, -0.05) is 41.6 Å². The molecule has 2 fully saturated rings. The van der Waals surface area contributed by atoms with Crippen molar-refractivity contribution in [2.75, 3.05) is 6.54 Å². The van der Waals surface area contributed by atoms with Crippen LogP contribution in [0.25, 0.3) is 0 Å². The number of halogens is 2. The van der Waals surface area contributed by atoms with Gasteiger partial charge in [0.1, 0.15) is 23.8 Å². The zero-order valence-electron chi connectivity index (χ0n) is 24.2. The number of carbonyl (C=O) groups excluding carboxylic acids is 2. The smallest absolute Gasteiger partial charge is 0.274 e. The predicted octanol–water partition coefficient (Wildman–Crippen LogP) is 4.74. The van der Waals surface area contributed by atoms with Crippen molar-refractivity contribution in [3.05, 3.63) is 99.0 Å². The van der Waals surface area contributed by atoms with Crippen molar-refractivity contribution in [3.63, 3.8) is 0 Å². The van der Waals surface area contributed by atoms with E-state index in [4.69, 9.17) is 9.57 Å². The summed E-state index contributed by atoms with van der Waals surface area (Å²) in [5, 5.41) is 7.08. The number of amides is 2. The minimum Gasteiger partial charge on any atom is -0.483 e. The number of fused-ring (bicyclic) bond motifs is 5. The molecule has 1 saturated carbocycles. The summed E-state index contributed by atoms with van der Waals surface area (Å²) in [5.41, 5.74) is 0.165. The standard InChI is InChI=1S/C33H32F2N4O5/c1-19-11-12-33(14-26(37-44-33)21-7-8-21)27-17-38(19)32(42)28-30(43-18-20-5-3-2-4-6-20)29(40)24(16-39(27)28)31(41)36-15-22-9-10-23(34)13-25(22)35/h2-6,9-10,13,16,19,21,27H,7-8,11-12,14-15,17-18H2,1H3,(H,36,41)/t19-,27+,33-/m0/s1. The maximum atomic E-state index is 14.3. The molecule has 9 nitrogen and oxygen atoms in total. The summed E-state index contributed by atoms with van der Waals surface area (Å²) in [6.07, 6.45) is 5.48. The molecule has 3 aromatic rings. The van der Waals surface area contributed by atoms with Gasteiger partial charge in [-0.2, -0.15) is 0 Å². The van der Waals surface area contributed by atoms with Gasteiger partial charge in [0.15, 0.2) is 17.0 Å². The van der Waals surface area contributed by atoms with Crippen molar-refractivity contribution in [1.29, 1.82) is 0 Å². The number of hydrogen-bond acceptors (Lipinski definition) is 6. The number of benzene rings is 2. The van der Waals surface area contributed by atoms with E-state index in [9.17, 15) is 23.2 Å². The molecule has 2 aromatic carbocycles. The Bertz CT molecular complexity index is 1740. The first-order valence-electron chi connectivity index (χ1n) is 15.0. The second-order valence-corrected chi connectivity index (χ2v) is 12.2. The minimum atomic E-state index is -0.815. The molecule has 1 spiro atoms. The number of aromatic nitrogens is 1. The summed E-state index contributed by atoms with van der Waals surface area (Å²) in [7, 11) is 0. The molecule has 1 aromatic heterocycles. The molecule has 2 bridgehead atoms. The van der Waals surface area contributed by atoms with Crippen LogP contribution in [0.15, 0.2) is 64.7 Å². The van der Waals surface area contributed by atoms with E-state index >= 15 is 0 Å². The molecule has 3 aliphatic heterocycles. The number of hydrogen-bond donors (Lipinski definition) is 1. The molecule has 7 rings (SSSR count). The van der Waals surface area contributed by atoms with Gasteiger partial charge in [0.2, 0.25) is 5.43 Å². The van der Waals surface area contributed by atoms with Crippen LogP contribution in [-0.2, 0) is 18.0 Å². The van der Waals surface area contributed by atoms with E-state index in [0.29, 0.717) is 31.7 Å². The largest absolute Gasteiger partial charge is 0.483 e. The van der Waals surface area contributed by atoms with E-state index in [-0.39, 0.29) is 47.7 Å². The lowest BCUT2D eigenvalue weighted by Crippen LogP contribution is -2.52. The molecule has 1 saturated heterocycles. The molecule has 228 valence electrons. The summed E-state index contributed by atoms with van der Waals surface area (Å²) in [4.78, 5) is 49.6. The highest BCUT2D eigenvalue weighted by Crippen LogP contribution is 2.49. The Kier molecular flexibility index (Phi) is 6.98. The SMILES string of the molecule is C[C@H]1CC[C@]2(CC(C3CC3)=NO2)[C@H]2CN1C(=O)c1c(OCc3ccccc3)c(=O)c(C(=O)NCc3ccc(F)cc3F)cn12.